The highest BCUT2D eigenvalue weighted by atomic mass is 32.2. The van der Waals surface area contributed by atoms with Crippen molar-refractivity contribution in [2.45, 2.75) is 4.90 Å². The summed E-state index contributed by atoms with van der Waals surface area (Å²) in [6.45, 7) is 0. The quantitative estimate of drug-likeness (QED) is 0.770. The number of para-hydroxylation sites is 1. The summed E-state index contributed by atoms with van der Waals surface area (Å²) in [5.74, 6) is -0.0147. The molecule has 1 aromatic carbocycles. The van der Waals surface area contributed by atoms with Crippen LogP contribution >= 0.6 is 0 Å². The highest BCUT2D eigenvalue weighted by Gasteiger charge is 2.15. The number of nitrogens with two attached hydrogens (primary N) is 1. The summed E-state index contributed by atoms with van der Waals surface area (Å²) in [6, 6.07) is 6.34. The number of rotatable bonds is 2. The first kappa shape index (κ1) is 12.1. The molecule has 7 nitrogen and oxygen atoms in total. The first-order chi connectivity index (χ1) is 8.43. The summed E-state index contributed by atoms with van der Waals surface area (Å²) in [5.41, 5.74) is 6.25. The Morgan fingerprint density at radius 2 is 2.17 bits per heavy atom. The maximum absolute atomic E-state index is 11.5. The number of sulfone groups is 1. The molecule has 0 bridgehead atoms. The van der Waals surface area contributed by atoms with Gasteiger partial charge in [-0.05, 0) is 12.1 Å². The Balaban J connectivity index is 2.64. The lowest BCUT2D eigenvalue weighted by Crippen LogP contribution is -2.07. The van der Waals surface area contributed by atoms with Crippen LogP contribution in [0, 0.1) is 11.3 Å². The number of hydrogen-bond acceptors (Lipinski definition) is 6. The van der Waals surface area contributed by atoms with Gasteiger partial charge >= 0.3 is 0 Å². The zero-order chi connectivity index (χ0) is 13.3. The molecule has 92 valence electrons. The van der Waals surface area contributed by atoms with E-state index in [4.69, 9.17) is 11.0 Å². The molecule has 0 amide bonds. The summed E-state index contributed by atoms with van der Waals surface area (Å²) < 4.78 is 24.3. The third-order valence-corrected chi connectivity index (χ3v) is 3.44. The van der Waals surface area contributed by atoms with Crippen LogP contribution in [0.1, 0.15) is 5.82 Å². The van der Waals surface area contributed by atoms with Crippen molar-refractivity contribution in [3.63, 3.8) is 0 Å². The number of anilines is 1. The number of benzene rings is 1. The van der Waals surface area contributed by atoms with Crippen molar-refractivity contribution in [3.8, 4) is 11.8 Å². The minimum absolute atomic E-state index is 0.0147. The third-order valence-electron chi connectivity index (χ3n) is 2.28. The highest BCUT2D eigenvalue weighted by molar-refractivity contribution is 7.90. The molecular weight excluding hydrogens is 254 g/mol. The predicted octanol–water partition coefficient (Wildman–Crippen LogP) is 0.125. The van der Waals surface area contributed by atoms with E-state index in [1.807, 2.05) is 0 Å². The van der Waals surface area contributed by atoms with Crippen molar-refractivity contribution >= 4 is 15.5 Å². The second kappa shape index (κ2) is 4.12. The Kier molecular flexibility index (Phi) is 2.76. The van der Waals surface area contributed by atoms with Gasteiger partial charge in [0.1, 0.15) is 12.4 Å². The fraction of sp³-hybridized carbons (Fsp3) is 0.100. The van der Waals surface area contributed by atoms with Gasteiger partial charge < -0.3 is 5.73 Å². The van der Waals surface area contributed by atoms with E-state index in [2.05, 4.69) is 10.1 Å². The molecule has 0 unspecified atom stereocenters. The van der Waals surface area contributed by atoms with Crippen LogP contribution in [0.5, 0.6) is 0 Å². The number of aromatic nitrogens is 3. The van der Waals surface area contributed by atoms with Gasteiger partial charge in [0.2, 0.25) is 0 Å². The van der Waals surface area contributed by atoms with Crippen molar-refractivity contribution < 1.29 is 8.42 Å². The van der Waals surface area contributed by atoms with Crippen molar-refractivity contribution in [2.24, 2.45) is 0 Å². The Hall–Kier alpha value is -2.40. The van der Waals surface area contributed by atoms with Gasteiger partial charge in [0.05, 0.1) is 16.3 Å². The lowest BCUT2D eigenvalue weighted by Gasteiger charge is -2.08. The van der Waals surface area contributed by atoms with Crippen molar-refractivity contribution in [1.29, 1.82) is 5.26 Å². The molecular formula is C10H9N5O2S. The van der Waals surface area contributed by atoms with E-state index in [0.717, 1.165) is 6.26 Å². The maximum Gasteiger partial charge on any atom is 0.252 e. The first-order valence-electron chi connectivity index (χ1n) is 4.84. The molecule has 0 saturated carbocycles. The van der Waals surface area contributed by atoms with E-state index in [1.165, 1.54) is 17.1 Å². The van der Waals surface area contributed by atoms with Gasteiger partial charge in [0, 0.05) is 6.26 Å². The topological polar surface area (TPSA) is 115 Å². The maximum atomic E-state index is 11.5. The molecule has 1 heterocycles. The molecule has 1 aromatic heterocycles. The van der Waals surface area contributed by atoms with E-state index < -0.39 is 9.84 Å². The predicted molar refractivity (Wildman–Crippen MR) is 63.6 cm³/mol. The molecule has 0 aliphatic carbocycles. The Morgan fingerprint density at radius 3 is 2.72 bits per heavy atom. The smallest absolute Gasteiger partial charge is 0.252 e. The molecule has 8 heteroatoms. The molecule has 0 spiro atoms. The molecule has 2 N–H and O–H groups in total. The normalized spacial score (nSPS) is 11.1. The van der Waals surface area contributed by atoms with Crippen LogP contribution in [0.3, 0.4) is 0 Å². The Bertz CT molecular complexity index is 742. The Labute approximate surface area is 103 Å². The van der Waals surface area contributed by atoms with Crippen molar-refractivity contribution in [1.82, 2.24) is 14.8 Å². The van der Waals surface area contributed by atoms with Crippen LogP contribution in [-0.4, -0.2) is 29.4 Å². The number of nitrogen functional groups attached to an aromatic ring is 1. The zero-order valence-corrected chi connectivity index (χ0v) is 10.2. The summed E-state index contributed by atoms with van der Waals surface area (Å²) in [7, 11) is -3.41. The zero-order valence-electron chi connectivity index (χ0n) is 9.40. The number of nitriles is 1. The van der Waals surface area contributed by atoms with Crippen molar-refractivity contribution in [3.05, 3.63) is 30.4 Å². The van der Waals surface area contributed by atoms with Gasteiger partial charge in [-0.1, -0.05) is 6.07 Å². The molecule has 0 aliphatic heterocycles. The lowest BCUT2D eigenvalue weighted by molar-refractivity contribution is 0.602. The average molecular weight is 263 g/mol. The van der Waals surface area contributed by atoms with Crippen molar-refractivity contribution in [2.75, 3.05) is 12.0 Å². The second-order valence-electron chi connectivity index (χ2n) is 3.59. The third kappa shape index (κ3) is 2.03. The molecule has 0 saturated heterocycles. The molecule has 0 fully saturated rings. The fourth-order valence-corrected chi connectivity index (χ4v) is 2.32. The summed E-state index contributed by atoms with van der Waals surface area (Å²) in [6.07, 6.45) is 2.38. The summed E-state index contributed by atoms with van der Waals surface area (Å²) in [4.78, 5) is 3.75. The van der Waals surface area contributed by atoms with E-state index in [1.54, 1.807) is 18.2 Å². The first-order valence-corrected chi connectivity index (χ1v) is 6.73. The monoisotopic (exact) mass is 263 g/mol. The lowest BCUT2D eigenvalue weighted by atomic mass is 10.3. The van der Waals surface area contributed by atoms with Gasteiger partial charge in [-0.2, -0.15) is 5.26 Å². The molecule has 0 aliphatic rings. The molecule has 2 aromatic rings. The van der Waals surface area contributed by atoms with E-state index >= 15 is 0 Å². The largest absolute Gasteiger partial charge is 0.396 e. The highest BCUT2D eigenvalue weighted by Crippen LogP contribution is 2.24. The van der Waals surface area contributed by atoms with Crippen LogP contribution in [0.15, 0.2) is 29.4 Å². The molecule has 18 heavy (non-hydrogen) atoms. The van der Waals surface area contributed by atoms with Gasteiger partial charge in [0.15, 0.2) is 9.84 Å². The summed E-state index contributed by atoms with van der Waals surface area (Å²) in [5, 5.41) is 12.5. The van der Waals surface area contributed by atoms with E-state index in [9.17, 15) is 8.42 Å². The average Bonchev–Trinajstić information content (AvgIpc) is 2.76. The standard InChI is InChI=1S/C10H9N5O2S/c1-18(16,17)8-4-2-3-7(10(8)12)15-6-13-9(5-11)14-15/h2-4,6H,12H2,1H3. The number of hydrogen-bond donors (Lipinski definition) is 1. The SMILES string of the molecule is CS(=O)(=O)c1cccc(-n2cnc(C#N)n2)c1N. The molecule has 2 rings (SSSR count). The minimum Gasteiger partial charge on any atom is -0.396 e. The van der Waals surface area contributed by atoms with Crippen LogP contribution < -0.4 is 5.73 Å². The van der Waals surface area contributed by atoms with Crippen LogP contribution in [0.4, 0.5) is 5.69 Å². The fourth-order valence-electron chi connectivity index (χ4n) is 1.49. The van der Waals surface area contributed by atoms with E-state index in [0.29, 0.717) is 5.69 Å². The van der Waals surface area contributed by atoms with Gasteiger partial charge in [0.25, 0.3) is 5.82 Å². The van der Waals surface area contributed by atoms with Crippen LogP contribution in [-0.2, 0) is 9.84 Å². The van der Waals surface area contributed by atoms with Gasteiger partial charge in [-0.15, -0.1) is 5.10 Å². The van der Waals surface area contributed by atoms with E-state index in [-0.39, 0.29) is 16.4 Å². The second-order valence-corrected chi connectivity index (χ2v) is 5.57. The van der Waals surface area contributed by atoms with Crippen LogP contribution in [0.2, 0.25) is 0 Å². The van der Waals surface area contributed by atoms with Crippen LogP contribution in [0.25, 0.3) is 5.69 Å². The summed E-state index contributed by atoms with van der Waals surface area (Å²) >= 11 is 0. The van der Waals surface area contributed by atoms with Gasteiger partial charge in [-0.25, -0.2) is 18.1 Å². The Morgan fingerprint density at radius 1 is 1.44 bits per heavy atom. The minimum atomic E-state index is -3.41. The molecule has 0 atom stereocenters. The number of nitrogens with zero attached hydrogens (tertiary/aromatic N) is 4. The van der Waals surface area contributed by atoms with Gasteiger partial charge in [-0.3, -0.25) is 0 Å². The molecule has 0 radical (unpaired) electrons.